The van der Waals surface area contributed by atoms with Gasteiger partial charge in [0, 0.05) is 26.7 Å². The summed E-state index contributed by atoms with van der Waals surface area (Å²) in [5.41, 5.74) is 0. The maximum Gasteiger partial charge on any atom is 0.190 e. The van der Waals surface area contributed by atoms with Gasteiger partial charge in [0.2, 0.25) is 0 Å². The van der Waals surface area contributed by atoms with Crippen LogP contribution in [0.15, 0.2) is 4.99 Å². The number of guanidine groups is 1. The third-order valence-electron chi connectivity index (χ3n) is 4.27. The van der Waals surface area contributed by atoms with Crippen LogP contribution in [0.25, 0.3) is 0 Å². The summed E-state index contributed by atoms with van der Waals surface area (Å²) >= 11 is 0. The number of likely N-dealkylation sites (tertiary alicyclic amines) is 1. The predicted molar refractivity (Wildman–Crippen MR) is 108 cm³/mol. The fourth-order valence-electron chi connectivity index (χ4n) is 2.89. The topological polar surface area (TPSA) is 39.7 Å². The highest BCUT2D eigenvalue weighted by molar-refractivity contribution is 14.0. The molecule has 1 rings (SSSR count). The summed E-state index contributed by atoms with van der Waals surface area (Å²) in [5, 5.41) is 6.89. The smallest absolute Gasteiger partial charge is 0.190 e. The van der Waals surface area contributed by atoms with Crippen LogP contribution in [0.1, 0.15) is 52.4 Å². The van der Waals surface area contributed by atoms with Crippen LogP contribution in [0.3, 0.4) is 0 Å². The van der Waals surface area contributed by atoms with Gasteiger partial charge in [0.15, 0.2) is 5.96 Å². The molecule has 132 valence electrons. The molecule has 1 saturated heterocycles. The van der Waals surface area contributed by atoms with E-state index in [4.69, 9.17) is 0 Å². The number of halogens is 1. The third-order valence-corrected chi connectivity index (χ3v) is 4.27. The minimum Gasteiger partial charge on any atom is -0.356 e. The van der Waals surface area contributed by atoms with Gasteiger partial charge in [-0.25, -0.2) is 0 Å². The largest absolute Gasteiger partial charge is 0.356 e. The van der Waals surface area contributed by atoms with Crippen molar-refractivity contribution in [1.82, 2.24) is 15.5 Å². The maximum atomic E-state index is 4.31. The van der Waals surface area contributed by atoms with Gasteiger partial charge in [-0.3, -0.25) is 4.99 Å². The van der Waals surface area contributed by atoms with E-state index in [1.807, 2.05) is 7.05 Å². The standard InChI is InChI=1S/C17H36N4.HI/c1-15(2)9-7-5-6-8-11-19-17(18-3)20-13-16-10-12-21(4)14-16;/h15-16H,5-14H2,1-4H3,(H2,18,19,20);1H. The Labute approximate surface area is 154 Å². The van der Waals surface area contributed by atoms with E-state index in [2.05, 4.69) is 41.4 Å². The predicted octanol–water partition coefficient (Wildman–Crippen LogP) is 3.33. The highest BCUT2D eigenvalue weighted by atomic mass is 127. The minimum absolute atomic E-state index is 0. The molecule has 1 aliphatic rings. The molecule has 0 amide bonds. The van der Waals surface area contributed by atoms with Crippen molar-refractivity contribution in [2.24, 2.45) is 16.8 Å². The molecule has 2 N–H and O–H groups in total. The summed E-state index contributed by atoms with van der Waals surface area (Å²) in [6.07, 6.45) is 7.97. The molecule has 1 heterocycles. The van der Waals surface area contributed by atoms with Crippen molar-refractivity contribution in [1.29, 1.82) is 0 Å². The molecule has 1 atom stereocenters. The quantitative estimate of drug-likeness (QED) is 0.258. The molecule has 0 aliphatic carbocycles. The van der Waals surface area contributed by atoms with Crippen LogP contribution < -0.4 is 10.6 Å². The lowest BCUT2D eigenvalue weighted by Crippen LogP contribution is -2.40. The second-order valence-corrected chi connectivity index (χ2v) is 6.89. The van der Waals surface area contributed by atoms with Gasteiger partial charge in [0.05, 0.1) is 0 Å². The van der Waals surface area contributed by atoms with Crippen LogP contribution in [0.4, 0.5) is 0 Å². The molecule has 0 aromatic rings. The first-order chi connectivity index (χ1) is 10.1. The zero-order valence-corrected chi connectivity index (χ0v) is 17.4. The average molecular weight is 424 g/mol. The number of hydrogen-bond donors (Lipinski definition) is 2. The van der Waals surface area contributed by atoms with Crippen molar-refractivity contribution >= 4 is 29.9 Å². The van der Waals surface area contributed by atoms with E-state index in [0.29, 0.717) is 0 Å². The Hall–Kier alpha value is -0.0400. The third kappa shape index (κ3) is 10.6. The summed E-state index contributed by atoms with van der Waals surface area (Å²) in [4.78, 5) is 6.71. The van der Waals surface area contributed by atoms with E-state index in [1.54, 1.807) is 0 Å². The molecule has 1 fully saturated rings. The van der Waals surface area contributed by atoms with Crippen LogP contribution in [0, 0.1) is 11.8 Å². The molecule has 0 saturated carbocycles. The number of unbranched alkanes of at least 4 members (excludes halogenated alkanes) is 3. The van der Waals surface area contributed by atoms with Crippen LogP contribution in [-0.2, 0) is 0 Å². The Kier molecular flexibility index (Phi) is 13.4. The lowest BCUT2D eigenvalue weighted by atomic mass is 10.0. The van der Waals surface area contributed by atoms with Gasteiger partial charge < -0.3 is 15.5 Å². The van der Waals surface area contributed by atoms with Gasteiger partial charge in [-0.15, -0.1) is 24.0 Å². The first kappa shape index (κ1) is 22.0. The highest BCUT2D eigenvalue weighted by Crippen LogP contribution is 2.12. The van der Waals surface area contributed by atoms with Crippen molar-refractivity contribution < 1.29 is 0 Å². The van der Waals surface area contributed by atoms with Crippen molar-refractivity contribution in [3.63, 3.8) is 0 Å². The monoisotopic (exact) mass is 424 g/mol. The molecule has 0 aromatic heterocycles. The maximum absolute atomic E-state index is 4.31. The summed E-state index contributed by atoms with van der Waals surface area (Å²) in [5.74, 6) is 2.58. The molecule has 0 radical (unpaired) electrons. The zero-order chi connectivity index (χ0) is 15.5. The van der Waals surface area contributed by atoms with E-state index < -0.39 is 0 Å². The molecule has 1 aliphatic heterocycles. The summed E-state index contributed by atoms with van der Waals surface area (Å²) in [7, 11) is 4.06. The first-order valence-electron chi connectivity index (χ1n) is 8.75. The van der Waals surface area contributed by atoms with Crippen LogP contribution in [0.2, 0.25) is 0 Å². The van der Waals surface area contributed by atoms with Gasteiger partial charge in [0.25, 0.3) is 0 Å². The zero-order valence-electron chi connectivity index (χ0n) is 15.0. The molecule has 5 heteroatoms. The SMILES string of the molecule is CN=C(NCCCCCCC(C)C)NCC1CCN(C)C1.I. The van der Waals surface area contributed by atoms with E-state index in [-0.39, 0.29) is 24.0 Å². The molecule has 0 spiro atoms. The minimum atomic E-state index is 0. The van der Waals surface area contributed by atoms with Crippen molar-refractivity contribution in [3.8, 4) is 0 Å². The number of nitrogens with one attached hydrogen (secondary N) is 2. The Bertz CT molecular complexity index is 294. The molecular weight excluding hydrogens is 387 g/mol. The van der Waals surface area contributed by atoms with Gasteiger partial charge >= 0.3 is 0 Å². The van der Waals surface area contributed by atoms with Crippen LogP contribution >= 0.6 is 24.0 Å². The van der Waals surface area contributed by atoms with Gasteiger partial charge in [0.1, 0.15) is 0 Å². The second-order valence-electron chi connectivity index (χ2n) is 6.89. The Morgan fingerprint density at radius 2 is 1.91 bits per heavy atom. The lowest BCUT2D eigenvalue weighted by molar-refractivity contribution is 0.394. The molecule has 22 heavy (non-hydrogen) atoms. The lowest BCUT2D eigenvalue weighted by Gasteiger charge is -2.15. The van der Waals surface area contributed by atoms with E-state index in [0.717, 1.165) is 30.9 Å². The van der Waals surface area contributed by atoms with Gasteiger partial charge in [-0.2, -0.15) is 0 Å². The summed E-state index contributed by atoms with van der Waals surface area (Å²) in [6.45, 7) is 9.12. The Balaban J connectivity index is 0.00000441. The van der Waals surface area contributed by atoms with Crippen LogP contribution in [-0.4, -0.2) is 51.1 Å². The molecule has 4 nitrogen and oxygen atoms in total. The summed E-state index contributed by atoms with van der Waals surface area (Å²) in [6, 6.07) is 0. The number of rotatable bonds is 9. The van der Waals surface area contributed by atoms with Crippen molar-refractivity contribution in [2.75, 3.05) is 40.3 Å². The van der Waals surface area contributed by atoms with Gasteiger partial charge in [-0.1, -0.05) is 39.5 Å². The normalized spacial score (nSPS) is 19.3. The summed E-state index contributed by atoms with van der Waals surface area (Å²) < 4.78 is 0. The second kappa shape index (κ2) is 13.4. The average Bonchev–Trinajstić information content (AvgIpc) is 2.86. The number of hydrogen-bond acceptors (Lipinski definition) is 2. The Morgan fingerprint density at radius 3 is 2.50 bits per heavy atom. The first-order valence-corrected chi connectivity index (χ1v) is 8.75. The van der Waals surface area contributed by atoms with E-state index in [1.165, 1.54) is 51.6 Å². The highest BCUT2D eigenvalue weighted by Gasteiger charge is 2.19. The molecule has 0 aromatic carbocycles. The van der Waals surface area contributed by atoms with Crippen LogP contribution in [0.5, 0.6) is 0 Å². The fourth-order valence-corrected chi connectivity index (χ4v) is 2.89. The number of nitrogens with zero attached hydrogens (tertiary/aromatic N) is 2. The van der Waals surface area contributed by atoms with Crippen molar-refractivity contribution in [3.05, 3.63) is 0 Å². The molecule has 1 unspecified atom stereocenters. The van der Waals surface area contributed by atoms with E-state index >= 15 is 0 Å². The Morgan fingerprint density at radius 1 is 1.18 bits per heavy atom. The van der Waals surface area contributed by atoms with Gasteiger partial charge in [-0.05, 0) is 38.3 Å². The van der Waals surface area contributed by atoms with E-state index in [9.17, 15) is 0 Å². The van der Waals surface area contributed by atoms with Crippen molar-refractivity contribution in [2.45, 2.75) is 52.4 Å². The fraction of sp³-hybridized carbons (Fsp3) is 0.941. The molecule has 0 bridgehead atoms. The molecular formula is C17H37IN4. The number of aliphatic imine (C=N–C) groups is 1.